The summed E-state index contributed by atoms with van der Waals surface area (Å²) in [7, 11) is 0. The quantitative estimate of drug-likeness (QED) is 0.196. The van der Waals surface area contributed by atoms with E-state index in [9.17, 15) is 34.9 Å². The number of hydrogen-bond acceptors (Lipinski definition) is 8. The number of amides is 1. The van der Waals surface area contributed by atoms with Gasteiger partial charge in [-0.1, -0.05) is 12.1 Å². The number of carbonyl (C=O) groups excluding carboxylic acids is 2. The van der Waals surface area contributed by atoms with E-state index in [1.54, 1.807) is 12.1 Å². The molecule has 11 heteroatoms. The van der Waals surface area contributed by atoms with Crippen LogP contribution in [-0.4, -0.2) is 31.5 Å². The lowest BCUT2D eigenvalue weighted by atomic mass is 9.95. The van der Waals surface area contributed by atoms with Gasteiger partial charge in [0.1, 0.15) is 11.5 Å². The molecule has 11 nitrogen and oxygen atoms in total. The Balaban J connectivity index is 1.87. The second-order valence-electron chi connectivity index (χ2n) is 7.16. The number of aliphatic hydroxyl groups excluding tert-OH is 1. The van der Waals surface area contributed by atoms with E-state index in [0.717, 1.165) is 6.07 Å². The van der Waals surface area contributed by atoms with Crippen LogP contribution in [0.4, 0.5) is 11.4 Å². The number of nitrogens with zero attached hydrogens (tertiary/aromatic N) is 3. The number of Topliss-reactive ketones (excluding diaryl/α,β-unsaturated/α-hetero) is 1. The SMILES string of the molecule is O=C1C(=O)N(Cc2ccco2)C(c2ccc([N+](=O)[O-])cc2)/C1=C(\O)c1cccc([N+](=O)[O-])c1. The van der Waals surface area contributed by atoms with Crippen molar-refractivity contribution in [2.24, 2.45) is 0 Å². The Bertz CT molecular complexity index is 1300. The maximum atomic E-state index is 13.0. The Morgan fingerprint density at radius 3 is 2.27 bits per heavy atom. The van der Waals surface area contributed by atoms with Crippen molar-refractivity contribution >= 4 is 28.8 Å². The molecule has 4 rings (SSSR count). The van der Waals surface area contributed by atoms with Gasteiger partial charge in [0.15, 0.2) is 0 Å². The largest absolute Gasteiger partial charge is 0.507 e. The van der Waals surface area contributed by atoms with Gasteiger partial charge in [-0.15, -0.1) is 0 Å². The number of ketones is 1. The molecule has 1 saturated heterocycles. The molecule has 33 heavy (non-hydrogen) atoms. The summed E-state index contributed by atoms with van der Waals surface area (Å²) in [6.45, 7) is -0.106. The average molecular weight is 449 g/mol. The second kappa shape index (κ2) is 8.38. The highest BCUT2D eigenvalue weighted by Gasteiger charge is 2.46. The van der Waals surface area contributed by atoms with Gasteiger partial charge in [0.2, 0.25) is 0 Å². The van der Waals surface area contributed by atoms with Crippen LogP contribution in [-0.2, 0) is 16.1 Å². The van der Waals surface area contributed by atoms with Crippen LogP contribution in [0.2, 0.25) is 0 Å². The third-order valence-electron chi connectivity index (χ3n) is 5.20. The van der Waals surface area contributed by atoms with Gasteiger partial charge in [-0.25, -0.2) is 0 Å². The van der Waals surface area contributed by atoms with Crippen LogP contribution in [0.5, 0.6) is 0 Å². The summed E-state index contributed by atoms with van der Waals surface area (Å²) in [5, 5.41) is 33.1. The van der Waals surface area contributed by atoms with Gasteiger partial charge in [0.25, 0.3) is 23.1 Å². The normalized spacial score (nSPS) is 17.3. The number of likely N-dealkylation sites (tertiary alicyclic amines) is 1. The lowest BCUT2D eigenvalue weighted by Crippen LogP contribution is -2.29. The fourth-order valence-electron chi connectivity index (χ4n) is 3.66. The third-order valence-corrected chi connectivity index (χ3v) is 5.20. The van der Waals surface area contributed by atoms with E-state index < -0.39 is 33.3 Å². The van der Waals surface area contributed by atoms with Crippen LogP contribution in [0.3, 0.4) is 0 Å². The molecule has 0 bridgehead atoms. The van der Waals surface area contributed by atoms with E-state index in [0.29, 0.717) is 11.3 Å². The smallest absolute Gasteiger partial charge is 0.296 e. The number of rotatable bonds is 6. The highest BCUT2D eigenvalue weighted by Crippen LogP contribution is 2.41. The Kier molecular flexibility index (Phi) is 5.44. The molecule has 1 N–H and O–H groups in total. The summed E-state index contributed by atoms with van der Waals surface area (Å²) in [5.41, 5.74) is -0.484. The van der Waals surface area contributed by atoms with Crippen LogP contribution < -0.4 is 0 Å². The molecule has 1 fully saturated rings. The summed E-state index contributed by atoms with van der Waals surface area (Å²) in [6, 6.07) is 12.3. The van der Waals surface area contributed by atoms with Gasteiger partial charge in [-0.05, 0) is 29.8 Å². The molecule has 1 amide bonds. The summed E-state index contributed by atoms with van der Waals surface area (Å²) >= 11 is 0. The zero-order chi connectivity index (χ0) is 23.7. The molecule has 166 valence electrons. The van der Waals surface area contributed by atoms with Crippen molar-refractivity contribution in [2.75, 3.05) is 0 Å². The molecule has 1 aliphatic heterocycles. The fourth-order valence-corrected chi connectivity index (χ4v) is 3.66. The zero-order valence-electron chi connectivity index (χ0n) is 16.8. The molecule has 1 unspecified atom stereocenters. The van der Waals surface area contributed by atoms with Gasteiger partial charge < -0.3 is 14.4 Å². The first-order valence-corrected chi connectivity index (χ1v) is 9.58. The van der Waals surface area contributed by atoms with Crippen molar-refractivity contribution in [3.05, 3.63) is 110 Å². The number of nitro benzene ring substituents is 2. The molecule has 0 spiro atoms. The summed E-state index contributed by atoms with van der Waals surface area (Å²) < 4.78 is 5.29. The molecule has 0 radical (unpaired) electrons. The Labute approximate surface area is 185 Å². The maximum Gasteiger partial charge on any atom is 0.296 e. The number of hydrogen-bond donors (Lipinski definition) is 1. The average Bonchev–Trinajstić information content (AvgIpc) is 3.41. The second-order valence-corrected chi connectivity index (χ2v) is 7.16. The first kappa shape index (κ1) is 21.4. The molecule has 1 atom stereocenters. The lowest BCUT2D eigenvalue weighted by Gasteiger charge is -2.24. The summed E-state index contributed by atoms with van der Waals surface area (Å²) in [6.07, 6.45) is 1.40. The molecule has 0 aliphatic carbocycles. The van der Waals surface area contributed by atoms with Crippen molar-refractivity contribution in [1.29, 1.82) is 0 Å². The van der Waals surface area contributed by atoms with E-state index in [1.165, 1.54) is 53.6 Å². The van der Waals surface area contributed by atoms with Gasteiger partial charge in [-0.2, -0.15) is 0 Å². The third kappa shape index (κ3) is 3.94. The Morgan fingerprint density at radius 1 is 0.970 bits per heavy atom. The van der Waals surface area contributed by atoms with Crippen LogP contribution in [0, 0.1) is 20.2 Å². The molecular formula is C22H15N3O8. The van der Waals surface area contributed by atoms with E-state index in [1.807, 2.05) is 0 Å². The van der Waals surface area contributed by atoms with Gasteiger partial charge in [0, 0.05) is 29.8 Å². The first-order valence-electron chi connectivity index (χ1n) is 9.58. The predicted molar refractivity (Wildman–Crippen MR) is 113 cm³/mol. The molecule has 3 aromatic rings. The Hall–Kier alpha value is -4.80. The van der Waals surface area contributed by atoms with Crippen LogP contribution in [0.1, 0.15) is 22.9 Å². The summed E-state index contributed by atoms with van der Waals surface area (Å²) in [4.78, 5) is 47.9. The van der Waals surface area contributed by atoms with Crippen LogP contribution in [0.15, 0.2) is 76.9 Å². The number of aliphatic hydroxyl groups is 1. The maximum absolute atomic E-state index is 13.0. The minimum Gasteiger partial charge on any atom is -0.507 e. The van der Waals surface area contributed by atoms with E-state index in [4.69, 9.17) is 4.42 Å². The van der Waals surface area contributed by atoms with Crippen molar-refractivity contribution in [3.63, 3.8) is 0 Å². The lowest BCUT2D eigenvalue weighted by molar-refractivity contribution is -0.385. The highest BCUT2D eigenvalue weighted by atomic mass is 16.6. The topological polar surface area (TPSA) is 157 Å². The molecule has 2 heterocycles. The van der Waals surface area contributed by atoms with E-state index in [2.05, 4.69) is 0 Å². The highest BCUT2D eigenvalue weighted by molar-refractivity contribution is 6.46. The minimum atomic E-state index is -1.10. The van der Waals surface area contributed by atoms with Crippen molar-refractivity contribution < 1.29 is 29.0 Å². The Morgan fingerprint density at radius 2 is 1.67 bits per heavy atom. The van der Waals surface area contributed by atoms with Crippen LogP contribution in [0.25, 0.3) is 5.76 Å². The molecule has 1 aromatic heterocycles. The summed E-state index contributed by atoms with van der Waals surface area (Å²) in [5.74, 6) is -2.13. The van der Waals surface area contributed by atoms with Gasteiger partial charge >= 0.3 is 0 Å². The van der Waals surface area contributed by atoms with Crippen molar-refractivity contribution in [3.8, 4) is 0 Å². The number of furan rings is 1. The standard InChI is InChI=1S/C22H15N3O8/c26-20(14-3-1-4-16(11-14)25(31)32)18-19(13-6-8-15(9-7-13)24(29)30)23(22(28)21(18)27)12-17-5-2-10-33-17/h1-11,19,26H,12H2/b20-18+. The van der Waals surface area contributed by atoms with Gasteiger partial charge in [0.05, 0.1) is 34.3 Å². The van der Waals surface area contributed by atoms with Crippen LogP contribution >= 0.6 is 0 Å². The monoisotopic (exact) mass is 449 g/mol. The molecule has 1 aliphatic rings. The zero-order valence-corrected chi connectivity index (χ0v) is 16.8. The van der Waals surface area contributed by atoms with Crippen molar-refractivity contribution in [1.82, 2.24) is 4.90 Å². The molecular weight excluding hydrogens is 434 g/mol. The van der Waals surface area contributed by atoms with E-state index >= 15 is 0 Å². The van der Waals surface area contributed by atoms with E-state index in [-0.39, 0.29) is 29.1 Å². The predicted octanol–water partition coefficient (Wildman–Crippen LogP) is 3.72. The number of non-ortho nitro benzene ring substituents is 2. The molecule has 0 saturated carbocycles. The number of nitro groups is 2. The first-order chi connectivity index (χ1) is 15.8. The fraction of sp³-hybridized carbons (Fsp3) is 0.0909. The number of carbonyl (C=O) groups is 2. The van der Waals surface area contributed by atoms with Gasteiger partial charge in [-0.3, -0.25) is 29.8 Å². The number of benzene rings is 2. The van der Waals surface area contributed by atoms with Crippen molar-refractivity contribution in [2.45, 2.75) is 12.6 Å². The molecule has 2 aromatic carbocycles. The minimum absolute atomic E-state index is 0.0212.